The van der Waals surface area contributed by atoms with Gasteiger partial charge in [-0.3, -0.25) is 9.59 Å². The lowest BCUT2D eigenvalue weighted by Crippen LogP contribution is -2.41. The van der Waals surface area contributed by atoms with Crippen LogP contribution in [0.4, 0.5) is 4.39 Å². The van der Waals surface area contributed by atoms with Crippen molar-refractivity contribution in [3.63, 3.8) is 0 Å². The van der Waals surface area contributed by atoms with E-state index in [1.807, 2.05) is 17.2 Å². The van der Waals surface area contributed by atoms with Crippen LogP contribution in [0, 0.1) is 11.7 Å². The molecule has 1 aromatic carbocycles. The van der Waals surface area contributed by atoms with E-state index in [0.29, 0.717) is 36.7 Å². The molecule has 2 heterocycles. The van der Waals surface area contributed by atoms with Gasteiger partial charge in [-0.25, -0.2) is 9.37 Å². The lowest BCUT2D eigenvalue weighted by Gasteiger charge is -2.32. The second kappa shape index (κ2) is 8.99. The van der Waals surface area contributed by atoms with Crippen LogP contribution < -0.4 is 5.32 Å². The minimum absolute atomic E-state index is 0.00898. The predicted molar refractivity (Wildman–Crippen MR) is 103 cm³/mol. The minimum atomic E-state index is -0.422. The van der Waals surface area contributed by atoms with Gasteiger partial charge in [-0.2, -0.15) is 0 Å². The minimum Gasteiger partial charge on any atom is -0.352 e. The first-order chi connectivity index (χ1) is 13.1. The molecule has 1 saturated heterocycles. The summed E-state index contributed by atoms with van der Waals surface area (Å²) in [5, 5.41) is 3.61. The number of pyridine rings is 1. The number of hydrogen-bond donors (Lipinski definition) is 1. The maximum Gasteiger partial charge on any atom is 0.256 e. The zero-order chi connectivity index (χ0) is 19.2. The lowest BCUT2D eigenvalue weighted by molar-refractivity contribution is 0.0680. The Balaban J connectivity index is 1.50. The highest BCUT2D eigenvalue weighted by Gasteiger charge is 2.25. The number of nitrogens with one attached hydrogen (secondary N) is 1. The number of thioether (sulfide) groups is 1. The van der Waals surface area contributed by atoms with Crippen molar-refractivity contribution in [2.75, 3.05) is 25.9 Å². The van der Waals surface area contributed by atoms with Gasteiger partial charge in [-0.15, -0.1) is 11.8 Å². The van der Waals surface area contributed by atoms with Crippen molar-refractivity contribution in [3.05, 3.63) is 59.5 Å². The molecule has 0 bridgehead atoms. The number of nitrogens with zero attached hydrogens (tertiary/aromatic N) is 2. The Morgan fingerprint density at radius 1 is 1.26 bits per heavy atom. The van der Waals surface area contributed by atoms with Gasteiger partial charge in [0, 0.05) is 31.4 Å². The molecule has 0 unspecified atom stereocenters. The van der Waals surface area contributed by atoms with E-state index in [-0.39, 0.29) is 11.8 Å². The van der Waals surface area contributed by atoms with Crippen molar-refractivity contribution in [3.8, 4) is 0 Å². The van der Waals surface area contributed by atoms with Gasteiger partial charge in [-0.1, -0.05) is 6.07 Å². The highest BCUT2D eigenvalue weighted by atomic mass is 32.2. The van der Waals surface area contributed by atoms with E-state index in [2.05, 4.69) is 10.3 Å². The number of amides is 2. The number of aromatic nitrogens is 1. The van der Waals surface area contributed by atoms with Crippen molar-refractivity contribution >= 4 is 23.6 Å². The average Bonchev–Trinajstić information content (AvgIpc) is 2.71. The van der Waals surface area contributed by atoms with Gasteiger partial charge in [0.2, 0.25) is 0 Å². The molecule has 1 aliphatic rings. The molecule has 1 aliphatic heterocycles. The first-order valence-electron chi connectivity index (χ1n) is 8.90. The van der Waals surface area contributed by atoms with Gasteiger partial charge >= 0.3 is 0 Å². The number of likely N-dealkylation sites (tertiary alicyclic amines) is 1. The molecule has 1 aromatic heterocycles. The zero-order valence-corrected chi connectivity index (χ0v) is 16.0. The van der Waals surface area contributed by atoms with E-state index >= 15 is 0 Å². The Morgan fingerprint density at radius 3 is 2.74 bits per heavy atom. The smallest absolute Gasteiger partial charge is 0.256 e. The first kappa shape index (κ1) is 19.4. The zero-order valence-electron chi connectivity index (χ0n) is 15.2. The van der Waals surface area contributed by atoms with E-state index < -0.39 is 5.82 Å². The normalized spacial score (nSPS) is 14.8. The summed E-state index contributed by atoms with van der Waals surface area (Å²) in [4.78, 5) is 31.0. The third kappa shape index (κ3) is 4.86. The maximum atomic E-state index is 13.2. The van der Waals surface area contributed by atoms with Gasteiger partial charge in [0.05, 0.1) is 5.56 Å². The van der Waals surface area contributed by atoms with E-state index in [1.54, 1.807) is 18.3 Å². The third-order valence-corrected chi connectivity index (χ3v) is 5.45. The number of rotatable bonds is 5. The average molecular weight is 387 g/mol. The van der Waals surface area contributed by atoms with Crippen molar-refractivity contribution < 1.29 is 14.0 Å². The molecule has 1 fully saturated rings. The molecule has 3 rings (SSSR count). The highest BCUT2D eigenvalue weighted by molar-refractivity contribution is 7.98. The van der Waals surface area contributed by atoms with Gasteiger partial charge in [-0.05, 0) is 55.3 Å². The summed E-state index contributed by atoms with van der Waals surface area (Å²) >= 11 is 1.47. The molecule has 0 radical (unpaired) electrons. The number of halogens is 1. The van der Waals surface area contributed by atoms with Crippen molar-refractivity contribution in [1.82, 2.24) is 15.2 Å². The molecule has 0 atom stereocenters. The number of carbonyl (C=O) groups is 2. The van der Waals surface area contributed by atoms with Gasteiger partial charge < -0.3 is 10.2 Å². The molecule has 1 N–H and O–H groups in total. The fraction of sp³-hybridized carbons (Fsp3) is 0.350. The molecule has 142 valence electrons. The Kier molecular flexibility index (Phi) is 6.45. The summed E-state index contributed by atoms with van der Waals surface area (Å²) in [5.41, 5.74) is 0.964. The van der Waals surface area contributed by atoms with Gasteiger partial charge in [0.25, 0.3) is 11.8 Å². The Bertz CT molecular complexity index is 822. The van der Waals surface area contributed by atoms with E-state index in [1.165, 1.54) is 30.0 Å². The molecule has 0 saturated carbocycles. The largest absolute Gasteiger partial charge is 0.352 e. The Morgan fingerprint density at radius 2 is 2.04 bits per heavy atom. The van der Waals surface area contributed by atoms with E-state index in [4.69, 9.17) is 0 Å². The van der Waals surface area contributed by atoms with E-state index in [9.17, 15) is 14.0 Å². The first-order valence-corrected chi connectivity index (χ1v) is 10.1. The summed E-state index contributed by atoms with van der Waals surface area (Å²) in [5.74, 6) is -0.377. The molecular formula is C20H22FN3O2S. The van der Waals surface area contributed by atoms with E-state index in [0.717, 1.165) is 17.9 Å². The molecule has 27 heavy (non-hydrogen) atoms. The second-order valence-electron chi connectivity index (χ2n) is 6.52. The van der Waals surface area contributed by atoms with Crippen molar-refractivity contribution in [2.45, 2.75) is 17.9 Å². The number of benzene rings is 1. The Labute approximate surface area is 162 Å². The van der Waals surface area contributed by atoms with Crippen LogP contribution in [0.2, 0.25) is 0 Å². The van der Waals surface area contributed by atoms with Crippen LogP contribution >= 0.6 is 11.8 Å². The molecule has 2 amide bonds. The summed E-state index contributed by atoms with van der Waals surface area (Å²) in [7, 11) is 0. The standard InChI is InChI=1S/C20H22FN3O2S/c1-27-19-17(6-3-9-22-19)20(26)24-10-7-14(8-11-24)13-23-18(25)15-4-2-5-16(21)12-15/h2-6,9,12,14H,7-8,10-11,13H2,1H3,(H,23,25). The molecule has 2 aromatic rings. The van der Waals surface area contributed by atoms with Gasteiger partial charge in [0.15, 0.2) is 0 Å². The third-order valence-electron chi connectivity index (χ3n) is 4.73. The molecule has 7 heteroatoms. The van der Waals surface area contributed by atoms with Crippen LogP contribution in [-0.4, -0.2) is 47.6 Å². The van der Waals surface area contributed by atoms with Crippen LogP contribution in [0.25, 0.3) is 0 Å². The van der Waals surface area contributed by atoms with Crippen LogP contribution in [-0.2, 0) is 0 Å². The summed E-state index contributed by atoms with van der Waals surface area (Å²) in [6, 6.07) is 9.25. The molecule has 0 spiro atoms. The fourth-order valence-electron chi connectivity index (χ4n) is 3.20. The number of piperidine rings is 1. The molecule has 5 nitrogen and oxygen atoms in total. The Hall–Kier alpha value is -2.41. The quantitative estimate of drug-likeness (QED) is 0.800. The highest BCUT2D eigenvalue weighted by Crippen LogP contribution is 2.22. The predicted octanol–water partition coefficient (Wildman–Crippen LogP) is 3.22. The molecular weight excluding hydrogens is 365 g/mol. The fourth-order valence-corrected chi connectivity index (χ4v) is 3.74. The SMILES string of the molecule is CSc1ncccc1C(=O)N1CCC(CNC(=O)c2cccc(F)c2)CC1. The topological polar surface area (TPSA) is 62.3 Å². The van der Waals surface area contributed by atoms with Crippen molar-refractivity contribution in [1.29, 1.82) is 0 Å². The van der Waals surface area contributed by atoms with Crippen LogP contribution in [0.15, 0.2) is 47.6 Å². The van der Waals surface area contributed by atoms with Crippen molar-refractivity contribution in [2.24, 2.45) is 5.92 Å². The van der Waals surface area contributed by atoms with Crippen LogP contribution in [0.1, 0.15) is 33.6 Å². The monoisotopic (exact) mass is 387 g/mol. The number of hydrogen-bond acceptors (Lipinski definition) is 4. The lowest BCUT2D eigenvalue weighted by atomic mass is 9.96. The summed E-state index contributed by atoms with van der Waals surface area (Å²) < 4.78 is 13.2. The molecule has 0 aliphatic carbocycles. The van der Waals surface area contributed by atoms with Crippen LogP contribution in [0.5, 0.6) is 0 Å². The van der Waals surface area contributed by atoms with Gasteiger partial charge in [0.1, 0.15) is 10.8 Å². The summed E-state index contributed by atoms with van der Waals surface area (Å²) in [6.07, 6.45) is 5.25. The summed E-state index contributed by atoms with van der Waals surface area (Å²) in [6.45, 7) is 1.84. The van der Waals surface area contributed by atoms with Crippen LogP contribution in [0.3, 0.4) is 0 Å². The maximum absolute atomic E-state index is 13.2. The second-order valence-corrected chi connectivity index (χ2v) is 7.31. The number of carbonyl (C=O) groups excluding carboxylic acids is 2.